The van der Waals surface area contributed by atoms with E-state index in [0.29, 0.717) is 34.4 Å². The Morgan fingerprint density at radius 1 is 1.27 bits per heavy atom. The van der Waals surface area contributed by atoms with Crippen molar-refractivity contribution in [3.63, 3.8) is 0 Å². The van der Waals surface area contributed by atoms with Crippen LogP contribution in [0.3, 0.4) is 0 Å². The van der Waals surface area contributed by atoms with Crippen molar-refractivity contribution in [3.05, 3.63) is 78.6 Å². The highest BCUT2D eigenvalue weighted by atomic mass is 35.5. The van der Waals surface area contributed by atoms with Crippen molar-refractivity contribution in [3.8, 4) is 22.8 Å². The highest BCUT2D eigenvalue weighted by molar-refractivity contribution is 6.18. The number of aryl methyl sites for hydroxylation is 1. The molecule has 1 unspecified atom stereocenters. The maximum Gasteiger partial charge on any atom is 0.344 e. The minimum absolute atomic E-state index is 0.383. The Hall–Kier alpha value is -3.51. The molecule has 0 spiro atoms. The van der Waals surface area contributed by atoms with Gasteiger partial charge in [-0.15, -0.1) is 11.6 Å². The standard InChI is InChI=1S/C26H26ClNO5/c1-4-7-18-15-20(32-19(8-5-2)9-6-14-27)10-12-22(18)25-23-16-21(31-17(3)26(29)30)11-13-24(23)33-28-25/h5-6,8-13,15-17H,2,4,7,14H2,1,3H3,(H,29,30)/b9-6-,19-8+. The van der Waals surface area contributed by atoms with E-state index in [0.717, 1.165) is 29.4 Å². The summed E-state index contributed by atoms with van der Waals surface area (Å²) < 4.78 is 17.1. The smallest absolute Gasteiger partial charge is 0.344 e. The van der Waals surface area contributed by atoms with Gasteiger partial charge in [0.15, 0.2) is 11.7 Å². The van der Waals surface area contributed by atoms with Gasteiger partial charge in [-0.2, -0.15) is 0 Å². The van der Waals surface area contributed by atoms with Gasteiger partial charge in [-0.25, -0.2) is 4.79 Å². The van der Waals surface area contributed by atoms with Gasteiger partial charge >= 0.3 is 5.97 Å². The monoisotopic (exact) mass is 467 g/mol. The van der Waals surface area contributed by atoms with Gasteiger partial charge in [0.05, 0.1) is 5.39 Å². The molecule has 0 aliphatic rings. The summed E-state index contributed by atoms with van der Waals surface area (Å²) in [5.41, 5.74) is 3.22. The Morgan fingerprint density at radius 2 is 2.06 bits per heavy atom. The number of ether oxygens (including phenoxy) is 2. The minimum atomic E-state index is -1.03. The third kappa shape index (κ3) is 6.05. The van der Waals surface area contributed by atoms with Crippen LogP contribution in [0.15, 0.2) is 77.6 Å². The second kappa shape index (κ2) is 11.4. The zero-order valence-electron chi connectivity index (χ0n) is 18.6. The van der Waals surface area contributed by atoms with Crippen LogP contribution in [0.2, 0.25) is 0 Å². The lowest BCUT2D eigenvalue weighted by Gasteiger charge is -2.12. The zero-order valence-corrected chi connectivity index (χ0v) is 19.3. The molecule has 3 aromatic rings. The molecule has 6 nitrogen and oxygen atoms in total. The zero-order chi connectivity index (χ0) is 23.8. The van der Waals surface area contributed by atoms with Crippen LogP contribution < -0.4 is 9.47 Å². The summed E-state index contributed by atoms with van der Waals surface area (Å²) in [6.45, 7) is 7.31. The Morgan fingerprint density at radius 3 is 2.76 bits per heavy atom. The summed E-state index contributed by atoms with van der Waals surface area (Å²) in [4.78, 5) is 11.1. The number of alkyl halides is 1. The van der Waals surface area contributed by atoms with Crippen LogP contribution in [0.25, 0.3) is 22.2 Å². The number of carboxylic acids is 1. The number of aliphatic carboxylic acids is 1. The van der Waals surface area contributed by atoms with Crippen molar-refractivity contribution >= 4 is 28.5 Å². The molecule has 0 saturated heterocycles. The molecule has 1 aromatic heterocycles. The van der Waals surface area contributed by atoms with Crippen LogP contribution in [0.5, 0.6) is 11.5 Å². The molecule has 1 N–H and O–H groups in total. The molecular weight excluding hydrogens is 442 g/mol. The summed E-state index contributed by atoms with van der Waals surface area (Å²) in [5.74, 6) is 1.09. The third-order valence-electron chi connectivity index (χ3n) is 4.84. The molecule has 1 heterocycles. The molecule has 0 amide bonds. The van der Waals surface area contributed by atoms with E-state index in [1.54, 1.807) is 42.5 Å². The molecule has 2 aromatic carbocycles. The number of rotatable bonds is 11. The number of aromatic nitrogens is 1. The largest absolute Gasteiger partial charge is 0.479 e. The number of nitrogens with zero attached hydrogens (tertiary/aromatic N) is 1. The van der Waals surface area contributed by atoms with E-state index in [1.807, 2.05) is 18.2 Å². The van der Waals surface area contributed by atoms with Gasteiger partial charge < -0.3 is 19.1 Å². The number of halogens is 1. The van der Waals surface area contributed by atoms with E-state index in [9.17, 15) is 4.79 Å². The van der Waals surface area contributed by atoms with Gasteiger partial charge in [0, 0.05) is 11.4 Å². The quantitative estimate of drug-likeness (QED) is 0.196. The average Bonchev–Trinajstić information content (AvgIpc) is 3.21. The van der Waals surface area contributed by atoms with Gasteiger partial charge in [-0.05, 0) is 67.5 Å². The highest BCUT2D eigenvalue weighted by Gasteiger charge is 2.18. The number of benzene rings is 2. The van der Waals surface area contributed by atoms with Crippen molar-refractivity contribution in [2.24, 2.45) is 0 Å². The summed E-state index contributed by atoms with van der Waals surface area (Å²) in [6, 6.07) is 10.9. The van der Waals surface area contributed by atoms with E-state index in [4.69, 9.17) is 30.7 Å². The summed E-state index contributed by atoms with van der Waals surface area (Å²) in [5, 5.41) is 14.2. The molecule has 0 aliphatic heterocycles. The lowest BCUT2D eigenvalue weighted by molar-refractivity contribution is -0.144. The number of carbonyl (C=O) groups is 1. The molecule has 7 heteroatoms. The molecule has 0 radical (unpaired) electrons. The molecule has 3 rings (SSSR count). The first-order valence-corrected chi connectivity index (χ1v) is 11.2. The van der Waals surface area contributed by atoms with E-state index in [1.165, 1.54) is 6.92 Å². The van der Waals surface area contributed by atoms with Crippen LogP contribution in [-0.4, -0.2) is 28.2 Å². The lowest BCUT2D eigenvalue weighted by atomic mass is 9.98. The summed E-state index contributed by atoms with van der Waals surface area (Å²) in [7, 11) is 0. The van der Waals surface area contributed by atoms with Crippen molar-refractivity contribution < 1.29 is 23.9 Å². The van der Waals surface area contributed by atoms with Gasteiger partial charge in [-0.1, -0.05) is 37.2 Å². The molecule has 0 saturated carbocycles. The number of fused-ring (bicyclic) bond motifs is 1. The molecular formula is C26H26ClNO5. The molecule has 0 fully saturated rings. The van der Waals surface area contributed by atoms with Gasteiger partial charge in [-0.3, -0.25) is 0 Å². The lowest BCUT2D eigenvalue weighted by Crippen LogP contribution is -2.22. The first-order chi connectivity index (χ1) is 16.0. The fourth-order valence-corrected chi connectivity index (χ4v) is 3.41. The SMILES string of the molecule is C=C/C=C(\C=C/CCl)Oc1ccc(-c2noc3ccc(OC(C)C(=O)O)cc23)c(CCC)c1. The first kappa shape index (κ1) is 24.1. The third-order valence-corrected chi connectivity index (χ3v) is 5.02. The molecule has 172 valence electrons. The maximum absolute atomic E-state index is 11.1. The number of hydrogen-bond donors (Lipinski definition) is 1. The second-order valence-electron chi connectivity index (χ2n) is 7.32. The van der Waals surface area contributed by atoms with Crippen LogP contribution in [0.1, 0.15) is 25.8 Å². The summed E-state index contributed by atoms with van der Waals surface area (Å²) in [6.07, 6.45) is 7.78. The van der Waals surface area contributed by atoms with Gasteiger partial charge in [0.25, 0.3) is 0 Å². The van der Waals surface area contributed by atoms with Crippen LogP contribution in [0.4, 0.5) is 0 Å². The van der Waals surface area contributed by atoms with Crippen LogP contribution in [0, 0.1) is 0 Å². The number of carboxylic acid groups (broad SMARTS) is 1. The van der Waals surface area contributed by atoms with E-state index < -0.39 is 12.1 Å². The van der Waals surface area contributed by atoms with E-state index in [2.05, 4.69) is 18.7 Å². The second-order valence-corrected chi connectivity index (χ2v) is 7.63. The topological polar surface area (TPSA) is 81.8 Å². The van der Waals surface area contributed by atoms with Crippen LogP contribution >= 0.6 is 11.6 Å². The van der Waals surface area contributed by atoms with Crippen molar-refractivity contribution in [1.82, 2.24) is 5.16 Å². The highest BCUT2D eigenvalue weighted by Crippen LogP contribution is 2.35. The van der Waals surface area contributed by atoms with Crippen LogP contribution in [-0.2, 0) is 11.2 Å². The Balaban J connectivity index is 1.99. The Labute approximate surface area is 197 Å². The fourth-order valence-electron chi connectivity index (χ4n) is 3.32. The number of allylic oxidation sites excluding steroid dienone is 4. The molecule has 0 aliphatic carbocycles. The average molecular weight is 468 g/mol. The fraction of sp³-hybridized carbons (Fsp3) is 0.231. The van der Waals surface area contributed by atoms with Crippen molar-refractivity contribution in [2.45, 2.75) is 32.8 Å². The van der Waals surface area contributed by atoms with E-state index in [-0.39, 0.29) is 0 Å². The summed E-state index contributed by atoms with van der Waals surface area (Å²) >= 11 is 5.75. The molecule has 33 heavy (non-hydrogen) atoms. The van der Waals surface area contributed by atoms with Crippen molar-refractivity contribution in [2.75, 3.05) is 5.88 Å². The van der Waals surface area contributed by atoms with Gasteiger partial charge in [0.1, 0.15) is 23.0 Å². The predicted molar refractivity (Wildman–Crippen MR) is 130 cm³/mol. The van der Waals surface area contributed by atoms with Crippen molar-refractivity contribution in [1.29, 1.82) is 0 Å². The maximum atomic E-state index is 11.1. The Kier molecular flexibility index (Phi) is 8.33. The molecule has 1 atom stereocenters. The first-order valence-electron chi connectivity index (χ1n) is 10.6. The molecule has 0 bridgehead atoms. The number of hydrogen-bond acceptors (Lipinski definition) is 5. The Bertz CT molecular complexity index is 1190. The predicted octanol–water partition coefficient (Wildman–Crippen LogP) is 6.54. The van der Waals surface area contributed by atoms with E-state index >= 15 is 0 Å². The van der Waals surface area contributed by atoms with Gasteiger partial charge in [0.2, 0.25) is 0 Å². The minimum Gasteiger partial charge on any atom is -0.479 e. The normalized spacial score (nSPS) is 12.8.